The highest BCUT2D eigenvalue weighted by Crippen LogP contribution is 2.17. The molecule has 0 unspecified atom stereocenters. The number of fused-ring (bicyclic) bond motifs is 1. The average molecular weight is 530 g/mol. The number of hydrogen-bond acceptors (Lipinski definition) is 7. The summed E-state index contributed by atoms with van der Waals surface area (Å²) in [6, 6.07) is 21.5. The molecule has 0 saturated carbocycles. The number of benzene rings is 3. The highest BCUT2D eigenvalue weighted by atomic mass is 16.6. The zero-order valence-corrected chi connectivity index (χ0v) is 22.3. The fourth-order valence-electron chi connectivity index (χ4n) is 4.03. The van der Waals surface area contributed by atoms with Gasteiger partial charge in [-0.2, -0.15) is 0 Å². The van der Waals surface area contributed by atoms with Gasteiger partial charge >= 0.3 is 12.1 Å². The van der Waals surface area contributed by atoms with E-state index >= 15 is 0 Å². The van der Waals surface area contributed by atoms with Crippen molar-refractivity contribution in [3.05, 3.63) is 100 Å². The number of carbonyl (C=O) groups is 2. The van der Waals surface area contributed by atoms with Crippen molar-refractivity contribution in [2.24, 2.45) is 0 Å². The summed E-state index contributed by atoms with van der Waals surface area (Å²) in [6.45, 7) is 6.18. The zero-order chi connectivity index (χ0) is 27.8. The zero-order valence-electron chi connectivity index (χ0n) is 22.3. The van der Waals surface area contributed by atoms with Gasteiger partial charge in [-0.05, 0) is 62.7 Å². The van der Waals surface area contributed by atoms with Crippen LogP contribution < -0.4 is 15.0 Å². The Hall–Kier alpha value is -4.66. The van der Waals surface area contributed by atoms with Crippen LogP contribution in [0.15, 0.2) is 77.6 Å². The van der Waals surface area contributed by atoms with Crippen LogP contribution >= 0.6 is 0 Å². The number of carbonyl (C=O) groups excluding carboxylic acids is 2. The molecule has 0 spiro atoms. The second-order valence-electron chi connectivity index (χ2n) is 8.97. The van der Waals surface area contributed by atoms with Crippen molar-refractivity contribution < 1.29 is 23.8 Å². The fraction of sp³-hybridized carbons (Fsp3) is 0.267. The molecule has 0 bridgehead atoms. The van der Waals surface area contributed by atoms with E-state index < -0.39 is 12.1 Å². The molecule has 4 rings (SSSR count). The molecule has 0 saturated heterocycles. The van der Waals surface area contributed by atoms with Gasteiger partial charge in [0.25, 0.3) is 5.56 Å². The summed E-state index contributed by atoms with van der Waals surface area (Å²) in [5.74, 6) is 1.10. The average Bonchev–Trinajstić information content (AvgIpc) is 2.92. The molecule has 4 aromatic rings. The maximum Gasteiger partial charge on any atom is 0.416 e. The van der Waals surface area contributed by atoms with Crippen molar-refractivity contribution in [1.82, 2.24) is 14.5 Å². The Balaban J connectivity index is 1.38. The number of ether oxygens (including phenoxy) is 3. The second-order valence-corrected chi connectivity index (χ2v) is 8.97. The number of esters is 1. The van der Waals surface area contributed by atoms with Gasteiger partial charge in [0.15, 0.2) is 0 Å². The Kier molecular flexibility index (Phi) is 8.94. The van der Waals surface area contributed by atoms with E-state index in [0.717, 1.165) is 11.1 Å². The predicted octanol–water partition coefficient (Wildman–Crippen LogP) is 4.66. The first-order valence-electron chi connectivity index (χ1n) is 12.7. The molecule has 0 radical (unpaired) electrons. The smallest absolute Gasteiger partial charge is 0.416 e. The van der Waals surface area contributed by atoms with Gasteiger partial charge in [0, 0.05) is 6.54 Å². The quantitative estimate of drug-likeness (QED) is 0.276. The molecule has 9 nitrogen and oxygen atoms in total. The largest absolute Gasteiger partial charge is 0.492 e. The number of aryl methyl sites for hydroxylation is 2. The van der Waals surface area contributed by atoms with Crippen LogP contribution in [-0.2, 0) is 22.6 Å². The topological polar surface area (TPSA) is 100.0 Å². The summed E-state index contributed by atoms with van der Waals surface area (Å²) >= 11 is 0. The van der Waals surface area contributed by atoms with Crippen LogP contribution in [0.1, 0.15) is 23.9 Å². The van der Waals surface area contributed by atoms with E-state index in [1.165, 1.54) is 4.90 Å². The monoisotopic (exact) mass is 529 g/mol. The van der Waals surface area contributed by atoms with Gasteiger partial charge in [-0.3, -0.25) is 19.1 Å². The predicted molar refractivity (Wildman–Crippen MR) is 147 cm³/mol. The summed E-state index contributed by atoms with van der Waals surface area (Å²) in [7, 11) is 0. The molecule has 9 heteroatoms. The van der Waals surface area contributed by atoms with E-state index in [9.17, 15) is 14.4 Å². The van der Waals surface area contributed by atoms with Gasteiger partial charge in [0.2, 0.25) is 0 Å². The number of nitrogens with zero attached hydrogens (tertiary/aromatic N) is 3. The highest BCUT2D eigenvalue weighted by Gasteiger charge is 2.21. The Morgan fingerprint density at radius 3 is 2.33 bits per heavy atom. The van der Waals surface area contributed by atoms with E-state index in [2.05, 4.69) is 4.98 Å². The second kappa shape index (κ2) is 12.7. The standard InChI is InChI=1S/C30H31N3O6/c1-4-37-28(34)20-32(30(36)39-25-13-9-21(2)10-14-25)19-23-11-15-24(16-12-23)38-18-17-33-22(3)31-27-8-6-5-7-26(27)29(33)35/h5-16H,4,17-20H2,1-3H3. The molecule has 0 aliphatic carbocycles. The maximum absolute atomic E-state index is 12.9. The third kappa shape index (κ3) is 7.22. The molecule has 1 amide bonds. The van der Waals surface area contributed by atoms with E-state index in [1.54, 1.807) is 48.7 Å². The van der Waals surface area contributed by atoms with Crippen molar-refractivity contribution in [3.8, 4) is 11.5 Å². The lowest BCUT2D eigenvalue weighted by molar-refractivity contribution is -0.144. The Bertz CT molecular complexity index is 1500. The van der Waals surface area contributed by atoms with Crippen LogP contribution in [0, 0.1) is 13.8 Å². The first-order valence-corrected chi connectivity index (χ1v) is 12.7. The van der Waals surface area contributed by atoms with Gasteiger partial charge in [-0.1, -0.05) is 42.0 Å². The minimum Gasteiger partial charge on any atom is -0.492 e. The number of hydrogen-bond donors (Lipinski definition) is 0. The molecule has 0 aliphatic heterocycles. The van der Waals surface area contributed by atoms with Crippen molar-refractivity contribution in [2.45, 2.75) is 33.9 Å². The Labute approximate surface area is 226 Å². The molecule has 1 aromatic heterocycles. The Morgan fingerprint density at radius 2 is 1.62 bits per heavy atom. The highest BCUT2D eigenvalue weighted by molar-refractivity contribution is 5.79. The number of rotatable bonds is 10. The first kappa shape index (κ1) is 27.4. The SMILES string of the molecule is CCOC(=O)CN(Cc1ccc(OCCn2c(C)nc3ccccc3c2=O)cc1)C(=O)Oc1ccc(C)cc1. The number of aromatic nitrogens is 2. The van der Waals surface area contributed by atoms with Crippen LogP contribution in [0.3, 0.4) is 0 Å². The van der Waals surface area contributed by atoms with Gasteiger partial charge in [-0.25, -0.2) is 9.78 Å². The molecule has 0 aliphatic rings. The van der Waals surface area contributed by atoms with Crippen molar-refractivity contribution in [1.29, 1.82) is 0 Å². The van der Waals surface area contributed by atoms with Crippen LogP contribution in [0.25, 0.3) is 10.9 Å². The number of amides is 1. The molecular formula is C30H31N3O6. The normalized spacial score (nSPS) is 10.7. The lowest BCUT2D eigenvalue weighted by Gasteiger charge is -2.21. The minimum atomic E-state index is -0.656. The fourth-order valence-corrected chi connectivity index (χ4v) is 4.03. The maximum atomic E-state index is 12.9. The van der Waals surface area contributed by atoms with Crippen molar-refractivity contribution >= 4 is 23.0 Å². The molecule has 39 heavy (non-hydrogen) atoms. The summed E-state index contributed by atoms with van der Waals surface area (Å²) in [4.78, 5) is 43.6. The number of para-hydroxylation sites is 1. The summed E-state index contributed by atoms with van der Waals surface area (Å²) in [5.41, 5.74) is 2.39. The van der Waals surface area contributed by atoms with Gasteiger partial charge in [0.05, 0.1) is 24.1 Å². The minimum absolute atomic E-state index is 0.101. The molecule has 0 N–H and O–H groups in total. The Morgan fingerprint density at radius 1 is 0.923 bits per heavy atom. The molecule has 3 aromatic carbocycles. The molecule has 1 heterocycles. The molecule has 202 valence electrons. The van der Waals surface area contributed by atoms with Gasteiger partial charge < -0.3 is 14.2 Å². The third-order valence-corrected chi connectivity index (χ3v) is 6.04. The molecule has 0 atom stereocenters. The van der Waals surface area contributed by atoms with Crippen LogP contribution in [0.2, 0.25) is 0 Å². The molecule has 0 fully saturated rings. The summed E-state index contributed by atoms with van der Waals surface area (Å²) in [6.07, 6.45) is -0.656. The van der Waals surface area contributed by atoms with E-state index in [4.69, 9.17) is 14.2 Å². The third-order valence-electron chi connectivity index (χ3n) is 6.04. The lowest BCUT2D eigenvalue weighted by atomic mass is 10.2. The van der Waals surface area contributed by atoms with E-state index in [1.807, 2.05) is 49.4 Å². The van der Waals surface area contributed by atoms with Gasteiger partial charge in [0.1, 0.15) is 30.5 Å². The van der Waals surface area contributed by atoms with Crippen LogP contribution in [0.4, 0.5) is 4.79 Å². The van der Waals surface area contributed by atoms with E-state index in [0.29, 0.717) is 34.8 Å². The lowest BCUT2D eigenvalue weighted by Crippen LogP contribution is -2.38. The van der Waals surface area contributed by atoms with Crippen molar-refractivity contribution in [2.75, 3.05) is 19.8 Å². The first-order chi connectivity index (χ1) is 18.8. The van der Waals surface area contributed by atoms with Crippen LogP contribution in [0.5, 0.6) is 11.5 Å². The van der Waals surface area contributed by atoms with E-state index in [-0.39, 0.29) is 31.9 Å². The molecular weight excluding hydrogens is 498 g/mol. The summed E-state index contributed by atoms with van der Waals surface area (Å²) in [5, 5.41) is 0.570. The van der Waals surface area contributed by atoms with Crippen molar-refractivity contribution in [3.63, 3.8) is 0 Å². The van der Waals surface area contributed by atoms with Gasteiger partial charge in [-0.15, -0.1) is 0 Å². The summed E-state index contributed by atoms with van der Waals surface area (Å²) < 4.78 is 18.0. The van der Waals surface area contributed by atoms with Crippen LogP contribution in [-0.4, -0.2) is 46.3 Å².